The number of rotatable bonds is 8. The topological polar surface area (TPSA) is 50.2 Å². The zero-order valence-corrected chi connectivity index (χ0v) is 33.7. The van der Waals surface area contributed by atoms with Crippen LogP contribution in [0.15, 0.2) is 199 Å². The van der Waals surface area contributed by atoms with Gasteiger partial charge in [-0.1, -0.05) is 137 Å². The van der Waals surface area contributed by atoms with Crippen LogP contribution in [0.25, 0.3) is 43.6 Å². The first-order valence-electron chi connectivity index (χ1n) is 16.8. The van der Waals surface area contributed by atoms with E-state index < -0.39 is 0 Å². The summed E-state index contributed by atoms with van der Waals surface area (Å²) in [6, 6.07) is 57.6. The van der Waals surface area contributed by atoms with Crippen LogP contribution in [0, 0.1) is 6.07 Å². The fourth-order valence-electron chi connectivity index (χ4n) is 5.93. The molecule has 0 atom stereocenters. The number of aromatic nitrogens is 1. The Morgan fingerprint density at radius 2 is 1.06 bits per heavy atom. The van der Waals surface area contributed by atoms with E-state index in [0.717, 1.165) is 25.9 Å². The van der Waals surface area contributed by atoms with E-state index in [0.29, 0.717) is 0 Å². The number of allylic oxidation sites excluding steroid dienone is 2. The molecule has 0 unspecified atom stereocenters. The monoisotopic (exact) mass is 923 g/mol. The molecule has 0 radical (unpaired) electrons. The Kier molecular flexibility index (Phi) is 12.9. The number of nitrogens with zero attached hydrogens (tertiary/aromatic N) is 1. The molecule has 3 nitrogen and oxygen atoms in total. The standard InChI is InChI=1S/C41H26NS3.C5H8O2.Pt/c1-4-16-33-28(10-1)13-7-19-38(33)43-31-22-23-36(41(27-31)45-40-21-9-15-30-12-3-6-18-35(30)40)37-26-32(24-25-42-37)44-39-20-8-14-29-11-2-5-17-34(29)39;1-4(6)3-5(2)7;/h1-22,24-27H;3,6H,1-2H3;/q-1;;/b;4-3-;. The van der Waals surface area contributed by atoms with Gasteiger partial charge in [0.25, 0.3) is 0 Å². The van der Waals surface area contributed by atoms with Gasteiger partial charge in [0.2, 0.25) is 0 Å². The average Bonchev–Trinajstić information content (AvgIpc) is 3.15. The van der Waals surface area contributed by atoms with Gasteiger partial charge in [0, 0.05) is 52.9 Å². The van der Waals surface area contributed by atoms with Crippen molar-refractivity contribution in [3.8, 4) is 11.3 Å². The van der Waals surface area contributed by atoms with Crippen molar-refractivity contribution in [1.82, 2.24) is 4.98 Å². The van der Waals surface area contributed by atoms with E-state index in [1.54, 1.807) is 35.3 Å². The number of fused-ring (bicyclic) bond motifs is 3. The van der Waals surface area contributed by atoms with Crippen LogP contribution in [0.3, 0.4) is 0 Å². The van der Waals surface area contributed by atoms with Gasteiger partial charge >= 0.3 is 0 Å². The van der Waals surface area contributed by atoms with Crippen molar-refractivity contribution >= 4 is 73.4 Å². The van der Waals surface area contributed by atoms with Gasteiger partial charge in [-0.05, 0) is 76.1 Å². The predicted octanol–water partition coefficient (Wildman–Crippen LogP) is 13.5. The molecule has 0 amide bonds. The van der Waals surface area contributed by atoms with Crippen molar-refractivity contribution in [2.45, 2.75) is 43.2 Å². The van der Waals surface area contributed by atoms with E-state index in [-0.39, 0.29) is 32.6 Å². The molecule has 0 bridgehead atoms. The van der Waals surface area contributed by atoms with Gasteiger partial charge in [0.05, 0.1) is 5.76 Å². The van der Waals surface area contributed by atoms with Crippen molar-refractivity contribution in [3.63, 3.8) is 0 Å². The summed E-state index contributed by atoms with van der Waals surface area (Å²) in [5.41, 5.74) is 1.93. The molecule has 7 heteroatoms. The molecule has 0 aliphatic carbocycles. The minimum Gasteiger partial charge on any atom is -0.512 e. The van der Waals surface area contributed by atoms with E-state index in [2.05, 4.69) is 158 Å². The van der Waals surface area contributed by atoms with Crippen LogP contribution in [-0.4, -0.2) is 15.9 Å². The van der Waals surface area contributed by atoms with Gasteiger partial charge in [-0.2, -0.15) is 0 Å². The van der Waals surface area contributed by atoms with Crippen LogP contribution in [-0.2, 0) is 25.9 Å². The minimum atomic E-state index is -0.125. The smallest absolute Gasteiger partial charge is 0.155 e. The molecule has 0 saturated carbocycles. The number of hydrogen-bond donors (Lipinski definition) is 1. The van der Waals surface area contributed by atoms with Crippen LogP contribution in [0.5, 0.6) is 0 Å². The molecule has 0 spiro atoms. The van der Waals surface area contributed by atoms with Crippen molar-refractivity contribution in [2.24, 2.45) is 0 Å². The molecule has 1 aromatic heterocycles. The van der Waals surface area contributed by atoms with E-state index in [4.69, 9.17) is 10.1 Å². The van der Waals surface area contributed by atoms with Crippen LogP contribution in [0.1, 0.15) is 13.8 Å². The largest absolute Gasteiger partial charge is 0.512 e. The number of ketones is 1. The van der Waals surface area contributed by atoms with E-state index in [1.165, 1.54) is 66.9 Å². The number of carbonyl (C=O) groups is 1. The molecular weight excluding hydrogens is 890 g/mol. The fourth-order valence-corrected chi connectivity index (χ4v) is 9.12. The number of aliphatic hydroxyl groups excluding tert-OH is 1. The van der Waals surface area contributed by atoms with Gasteiger partial charge in [0.1, 0.15) is 0 Å². The van der Waals surface area contributed by atoms with Gasteiger partial charge in [-0.15, -0.1) is 47.3 Å². The second-order valence-electron chi connectivity index (χ2n) is 12.1. The Balaban J connectivity index is 0.000000549. The summed E-state index contributed by atoms with van der Waals surface area (Å²) in [4.78, 5) is 22.0. The molecule has 0 aliphatic rings. The van der Waals surface area contributed by atoms with Crippen molar-refractivity contribution in [3.05, 3.63) is 176 Å². The summed E-state index contributed by atoms with van der Waals surface area (Å²) >= 11 is 5.35. The zero-order valence-electron chi connectivity index (χ0n) is 28.9. The Morgan fingerprint density at radius 3 is 1.55 bits per heavy atom. The number of pyridine rings is 1. The van der Waals surface area contributed by atoms with Crippen LogP contribution in [0.2, 0.25) is 0 Å². The van der Waals surface area contributed by atoms with Gasteiger partial charge in [-0.3, -0.25) is 4.79 Å². The Bertz CT molecular complexity index is 2570. The quantitative estimate of drug-likeness (QED) is 0.0931. The normalized spacial score (nSPS) is 11.2. The third-order valence-electron chi connectivity index (χ3n) is 8.20. The third kappa shape index (κ3) is 9.51. The van der Waals surface area contributed by atoms with Gasteiger partial charge in [-0.25, -0.2) is 0 Å². The fraction of sp³-hybridized carbons (Fsp3) is 0.0435. The molecule has 0 saturated heterocycles. The summed E-state index contributed by atoms with van der Waals surface area (Å²) in [7, 11) is 0. The maximum atomic E-state index is 10.0. The summed E-state index contributed by atoms with van der Waals surface area (Å²) in [6.45, 7) is 2.85. The molecule has 53 heavy (non-hydrogen) atoms. The first-order valence-corrected chi connectivity index (χ1v) is 19.2. The number of benzene rings is 7. The summed E-state index contributed by atoms with van der Waals surface area (Å²) in [5.74, 6) is -0.0625. The molecule has 0 aliphatic heterocycles. The summed E-state index contributed by atoms with van der Waals surface area (Å²) in [6.07, 6.45) is 3.09. The molecule has 1 N–H and O–H groups in total. The SMILES string of the molecule is CC(=O)/C=C(/C)O.[Pt].[c-]1cc(Sc2cccc3ccccc23)cc(Sc2cccc3ccccc23)c1-c1cc(Sc2cccc3ccccc23)ccn1. The van der Waals surface area contributed by atoms with Gasteiger partial charge < -0.3 is 10.1 Å². The maximum absolute atomic E-state index is 10.0. The predicted molar refractivity (Wildman–Crippen MR) is 220 cm³/mol. The number of carbonyl (C=O) groups excluding carboxylic acids is 1. The zero-order chi connectivity index (χ0) is 35.9. The molecule has 8 rings (SSSR count). The number of aliphatic hydroxyl groups is 1. The van der Waals surface area contributed by atoms with Crippen molar-refractivity contribution in [1.29, 1.82) is 0 Å². The molecule has 7 aromatic carbocycles. The summed E-state index contributed by atoms with van der Waals surface area (Å²) < 4.78 is 0. The molecule has 0 fully saturated rings. The first kappa shape index (κ1) is 38.2. The second-order valence-corrected chi connectivity index (χ2v) is 15.4. The van der Waals surface area contributed by atoms with Crippen LogP contribution in [0.4, 0.5) is 0 Å². The molecule has 1 heterocycles. The minimum absolute atomic E-state index is 0. The first-order chi connectivity index (χ1) is 25.4. The maximum Gasteiger partial charge on any atom is 0.155 e. The van der Waals surface area contributed by atoms with Crippen LogP contribution >= 0.6 is 35.3 Å². The van der Waals surface area contributed by atoms with E-state index in [9.17, 15) is 4.79 Å². The molecule has 264 valence electrons. The average molecular weight is 924 g/mol. The van der Waals surface area contributed by atoms with E-state index >= 15 is 0 Å². The molecule has 8 aromatic rings. The summed E-state index contributed by atoms with van der Waals surface area (Å²) in [5, 5.41) is 15.9. The van der Waals surface area contributed by atoms with Crippen molar-refractivity contribution in [2.75, 3.05) is 0 Å². The van der Waals surface area contributed by atoms with Gasteiger partial charge in [0.15, 0.2) is 5.78 Å². The van der Waals surface area contributed by atoms with E-state index in [1.807, 2.05) is 6.20 Å². The second kappa shape index (κ2) is 18.0. The molecular formula is C46H34NO2PtS3-. The third-order valence-corrected chi connectivity index (χ3v) is 11.4. The Hall–Kier alpha value is -4.58. The van der Waals surface area contributed by atoms with Crippen molar-refractivity contribution < 1.29 is 31.0 Å². The van der Waals surface area contributed by atoms with Crippen LogP contribution < -0.4 is 0 Å². The Morgan fingerprint density at radius 1 is 0.585 bits per heavy atom. The number of hydrogen-bond acceptors (Lipinski definition) is 6. The Labute approximate surface area is 337 Å².